The number of hydrogen-bond donors (Lipinski definition) is 2. The summed E-state index contributed by atoms with van der Waals surface area (Å²) in [6.07, 6.45) is -5.09. The number of nitrogens with one attached hydrogen (secondary N) is 1. The van der Waals surface area contributed by atoms with Crippen LogP contribution in [0.4, 0.5) is 13.2 Å². The van der Waals surface area contributed by atoms with Crippen molar-refractivity contribution in [1.29, 1.82) is 0 Å². The minimum atomic E-state index is -4.19. The Morgan fingerprint density at radius 1 is 1.29 bits per heavy atom. The van der Waals surface area contributed by atoms with Gasteiger partial charge in [-0.05, 0) is 24.6 Å². The summed E-state index contributed by atoms with van der Waals surface area (Å²) < 4.78 is 38.5. The number of benzene rings is 1. The molecule has 7 heteroatoms. The van der Waals surface area contributed by atoms with Gasteiger partial charge < -0.3 is 10.4 Å². The van der Waals surface area contributed by atoms with E-state index in [0.29, 0.717) is 18.7 Å². The maximum atomic E-state index is 12.6. The molecule has 1 aliphatic heterocycles. The van der Waals surface area contributed by atoms with Crippen LogP contribution in [0.5, 0.6) is 5.75 Å². The first-order valence-corrected chi connectivity index (χ1v) is 7.66. The van der Waals surface area contributed by atoms with Crippen molar-refractivity contribution in [2.75, 3.05) is 26.2 Å². The van der Waals surface area contributed by atoms with Crippen molar-refractivity contribution >= 4 is 15.9 Å². The summed E-state index contributed by atoms with van der Waals surface area (Å²) in [4.78, 5) is 2.00. The molecule has 1 aromatic carbocycles. The molecule has 21 heavy (non-hydrogen) atoms. The van der Waals surface area contributed by atoms with Gasteiger partial charge >= 0.3 is 6.18 Å². The lowest BCUT2D eigenvalue weighted by Crippen LogP contribution is -2.45. The van der Waals surface area contributed by atoms with E-state index in [-0.39, 0.29) is 12.2 Å². The van der Waals surface area contributed by atoms with Crippen LogP contribution >= 0.6 is 15.9 Å². The van der Waals surface area contributed by atoms with Crippen molar-refractivity contribution in [1.82, 2.24) is 10.2 Å². The van der Waals surface area contributed by atoms with Crippen molar-refractivity contribution in [3.05, 3.63) is 28.2 Å². The fourth-order valence-electron chi connectivity index (χ4n) is 2.62. The second-order valence-electron chi connectivity index (χ2n) is 5.16. The molecule has 1 heterocycles. The average Bonchev–Trinajstić information content (AvgIpc) is 2.43. The molecule has 0 saturated carbocycles. The van der Waals surface area contributed by atoms with E-state index in [1.807, 2.05) is 4.90 Å². The number of phenols is 1. The first-order chi connectivity index (χ1) is 9.87. The van der Waals surface area contributed by atoms with E-state index in [2.05, 4.69) is 21.2 Å². The quantitative estimate of drug-likeness (QED) is 0.856. The molecule has 1 fully saturated rings. The maximum absolute atomic E-state index is 12.6. The molecule has 0 aromatic heterocycles. The van der Waals surface area contributed by atoms with Crippen molar-refractivity contribution in [2.24, 2.45) is 0 Å². The second-order valence-corrected chi connectivity index (χ2v) is 6.07. The number of nitrogens with zero attached hydrogens (tertiary/aromatic N) is 1. The SMILES string of the molecule is Oc1ccc(Br)cc1[C@H](CCC(F)(F)F)N1CCNCC1. The third kappa shape index (κ3) is 4.86. The van der Waals surface area contributed by atoms with E-state index in [1.54, 1.807) is 12.1 Å². The summed E-state index contributed by atoms with van der Waals surface area (Å²) >= 11 is 3.32. The molecule has 1 atom stereocenters. The summed E-state index contributed by atoms with van der Waals surface area (Å²) in [6.45, 7) is 2.84. The monoisotopic (exact) mass is 366 g/mol. The molecule has 2 N–H and O–H groups in total. The van der Waals surface area contributed by atoms with E-state index >= 15 is 0 Å². The van der Waals surface area contributed by atoms with Crippen LogP contribution < -0.4 is 5.32 Å². The molecular formula is C14H18BrF3N2O. The topological polar surface area (TPSA) is 35.5 Å². The third-order valence-corrected chi connectivity index (χ3v) is 4.14. The van der Waals surface area contributed by atoms with Crippen LogP contribution in [-0.4, -0.2) is 42.4 Å². The molecule has 1 saturated heterocycles. The van der Waals surface area contributed by atoms with Gasteiger partial charge in [0.15, 0.2) is 0 Å². The first-order valence-electron chi connectivity index (χ1n) is 6.87. The Morgan fingerprint density at radius 2 is 1.95 bits per heavy atom. The number of hydrogen-bond acceptors (Lipinski definition) is 3. The van der Waals surface area contributed by atoms with E-state index in [9.17, 15) is 18.3 Å². The molecule has 3 nitrogen and oxygen atoms in total. The van der Waals surface area contributed by atoms with Gasteiger partial charge in [-0.1, -0.05) is 15.9 Å². The predicted octanol–water partition coefficient (Wildman–Crippen LogP) is 3.44. The van der Waals surface area contributed by atoms with Gasteiger partial charge in [-0.3, -0.25) is 4.90 Å². The Hall–Kier alpha value is -0.790. The highest BCUT2D eigenvalue weighted by atomic mass is 79.9. The van der Waals surface area contributed by atoms with Gasteiger partial charge in [0.25, 0.3) is 0 Å². The number of aromatic hydroxyl groups is 1. The predicted molar refractivity (Wildman–Crippen MR) is 78.3 cm³/mol. The smallest absolute Gasteiger partial charge is 0.389 e. The van der Waals surface area contributed by atoms with Gasteiger partial charge in [-0.25, -0.2) is 0 Å². The van der Waals surface area contributed by atoms with E-state index in [1.165, 1.54) is 6.07 Å². The van der Waals surface area contributed by atoms with Crippen molar-refractivity contribution in [2.45, 2.75) is 25.1 Å². The van der Waals surface area contributed by atoms with Crippen LogP contribution in [0.3, 0.4) is 0 Å². The van der Waals surface area contributed by atoms with Gasteiger partial charge in [-0.2, -0.15) is 13.2 Å². The third-order valence-electron chi connectivity index (χ3n) is 3.64. The minimum absolute atomic E-state index is 0.0453. The molecule has 0 spiro atoms. The lowest BCUT2D eigenvalue weighted by molar-refractivity contribution is -0.138. The van der Waals surface area contributed by atoms with Crippen LogP contribution in [0.1, 0.15) is 24.4 Å². The van der Waals surface area contributed by atoms with Crippen LogP contribution in [0.25, 0.3) is 0 Å². The molecule has 0 amide bonds. The van der Waals surface area contributed by atoms with Gasteiger partial charge in [0.05, 0.1) is 0 Å². The molecule has 118 valence electrons. The Bertz CT molecular complexity index is 476. The molecular weight excluding hydrogens is 349 g/mol. The van der Waals surface area contributed by atoms with Crippen LogP contribution in [0.2, 0.25) is 0 Å². The maximum Gasteiger partial charge on any atom is 0.389 e. The van der Waals surface area contributed by atoms with Crippen LogP contribution in [-0.2, 0) is 0 Å². The largest absolute Gasteiger partial charge is 0.508 e. The molecule has 0 bridgehead atoms. The standard InChI is InChI=1S/C14H18BrF3N2O/c15-10-1-2-13(21)11(9-10)12(3-4-14(16,17)18)20-7-5-19-6-8-20/h1-2,9,12,19,21H,3-8H2/t12-/m0/s1. The van der Waals surface area contributed by atoms with Crippen LogP contribution in [0.15, 0.2) is 22.7 Å². The molecule has 1 aliphatic rings. The summed E-state index contributed by atoms with van der Waals surface area (Å²) in [7, 11) is 0. The number of phenolic OH excluding ortho intramolecular Hbond substituents is 1. The highest BCUT2D eigenvalue weighted by Gasteiger charge is 2.32. The zero-order chi connectivity index (χ0) is 15.5. The zero-order valence-corrected chi connectivity index (χ0v) is 13.0. The number of alkyl halides is 3. The fourth-order valence-corrected chi connectivity index (χ4v) is 3.00. The summed E-state index contributed by atoms with van der Waals surface area (Å²) in [6, 6.07) is 4.48. The number of rotatable bonds is 4. The highest BCUT2D eigenvalue weighted by molar-refractivity contribution is 9.10. The lowest BCUT2D eigenvalue weighted by atomic mass is 9.98. The van der Waals surface area contributed by atoms with E-state index < -0.39 is 18.6 Å². The van der Waals surface area contributed by atoms with E-state index in [0.717, 1.165) is 17.6 Å². The van der Waals surface area contributed by atoms with Gasteiger partial charge in [0.2, 0.25) is 0 Å². The molecule has 0 unspecified atom stereocenters. The van der Waals surface area contributed by atoms with Crippen molar-refractivity contribution in [3.63, 3.8) is 0 Å². The highest BCUT2D eigenvalue weighted by Crippen LogP contribution is 2.36. The van der Waals surface area contributed by atoms with Crippen molar-refractivity contribution in [3.8, 4) is 5.75 Å². The summed E-state index contributed by atoms with van der Waals surface area (Å²) in [5, 5.41) is 13.2. The minimum Gasteiger partial charge on any atom is -0.508 e. The Balaban J connectivity index is 2.23. The van der Waals surface area contributed by atoms with Gasteiger partial charge in [-0.15, -0.1) is 0 Å². The van der Waals surface area contributed by atoms with E-state index in [4.69, 9.17) is 0 Å². The van der Waals surface area contributed by atoms with Crippen LogP contribution in [0, 0.1) is 0 Å². The fraction of sp³-hybridized carbons (Fsp3) is 0.571. The molecule has 0 radical (unpaired) electrons. The number of halogens is 4. The van der Waals surface area contributed by atoms with Crippen molar-refractivity contribution < 1.29 is 18.3 Å². The summed E-state index contributed by atoms with van der Waals surface area (Å²) in [5.74, 6) is 0.0453. The normalized spacial score (nSPS) is 18.7. The molecule has 2 rings (SSSR count). The summed E-state index contributed by atoms with van der Waals surface area (Å²) in [5.41, 5.74) is 0.551. The first kappa shape index (κ1) is 16.6. The number of piperazine rings is 1. The average molecular weight is 367 g/mol. The Labute approximate surface area is 130 Å². The Kier molecular flexibility index (Phi) is 5.51. The zero-order valence-electron chi connectivity index (χ0n) is 11.5. The molecule has 0 aliphatic carbocycles. The van der Waals surface area contributed by atoms with Gasteiger partial charge in [0.1, 0.15) is 5.75 Å². The Morgan fingerprint density at radius 3 is 2.57 bits per heavy atom. The lowest BCUT2D eigenvalue weighted by Gasteiger charge is -2.35. The second kappa shape index (κ2) is 6.98. The van der Waals surface area contributed by atoms with Gasteiger partial charge in [0, 0.05) is 48.7 Å². The molecule has 1 aromatic rings.